The van der Waals surface area contributed by atoms with Crippen molar-refractivity contribution in [1.82, 2.24) is 15.1 Å². The molecule has 128 valence electrons. The van der Waals surface area contributed by atoms with Gasteiger partial charge in [-0.05, 0) is 24.6 Å². The fraction of sp³-hybridized carbons (Fsp3) is 0.312. The molecule has 0 aliphatic heterocycles. The lowest BCUT2D eigenvalue weighted by molar-refractivity contribution is 0.0697. The number of carboxylic acid groups (broad SMARTS) is 1. The second-order valence-corrected chi connectivity index (χ2v) is 6.04. The number of benzene rings is 1. The van der Waals surface area contributed by atoms with Crippen LogP contribution in [0, 0.1) is 0 Å². The van der Waals surface area contributed by atoms with Gasteiger partial charge < -0.3 is 15.2 Å². The van der Waals surface area contributed by atoms with Crippen LogP contribution in [0.1, 0.15) is 38.9 Å². The van der Waals surface area contributed by atoms with E-state index in [1.165, 1.54) is 12.1 Å². The Labute approximate surface area is 147 Å². The molecule has 0 spiro atoms. The average molecular weight is 396 g/mol. The molecule has 0 atom stereocenters. The van der Waals surface area contributed by atoms with Crippen LogP contribution in [0.2, 0.25) is 0 Å². The summed E-state index contributed by atoms with van der Waals surface area (Å²) in [6.45, 7) is 2.22. The number of aryl methyl sites for hydroxylation is 2. The zero-order valence-corrected chi connectivity index (χ0v) is 15.2. The van der Waals surface area contributed by atoms with E-state index < -0.39 is 5.97 Å². The summed E-state index contributed by atoms with van der Waals surface area (Å²) in [5.41, 5.74) is 1.96. The Morgan fingerprint density at radius 1 is 1.33 bits per heavy atom. The first kappa shape index (κ1) is 18.0. The summed E-state index contributed by atoms with van der Waals surface area (Å²) in [6.07, 6.45) is 0.711. The molecule has 0 bridgehead atoms. The van der Waals surface area contributed by atoms with Crippen LogP contribution in [0.15, 0.2) is 22.7 Å². The summed E-state index contributed by atoms with van der Waals surface area (Å²) in [7, 11) is 3.33. The first-order chi connectivity index (χ1) is 11.4. The smallest absolute Gasteiger partial charge is 0.335 e. The third-order valence-electron chi connectivity index (χ3n) is 3.53. The molecule has 2 rings (SSSR count). The predicted octanol–water partition coefficient (Wildman–Crippen LogP) is 2.38. The van der Waals surface area contributed by atoms with Crippen LogP contribution < -0.4 is 10.1 Å². The minimum Gasteiger partial charge on any atom is -0.481 e. The van der Waals surface area contributed by atoms with E-state index in [1.807, 2.05) is 6.92 Å². The van der Waals surface area contributed by atoms with Crippen LogP contribution in [-0.2, 0) is 20.0 Å². The van der Waals surface area contributed by atoms with E-state index in [-0.39, 0.29) is 23.6 Å². The molecule has 8 heteroatoms. The van der Waals surface area contributed by atoms with Gasteiger partial charge >= 0.3 is 5.97 Å². The number of methoxy groups -OCH3 is 1. The van der Waals surface area contributed by atoms with E-state index in [1.54, 1.807) is 24.9 Å². The number of carbonyl (C=O) groups is 2. The second kappa shape index (κ2) is 7.48. The van der Waals surface area contributed by atoms with Crippen molar-refractivity contribution in [2.24, 2.45) is 7.05 Å². The van der Waals surface area contributed by atoms with Gasteiger partial charge in [0.15, 0.2) is 0 Å². The zero-order valence-electron chi connectivity index (χ0n) is 13.6. The summed E-state index contributed by atoms with van der Waals surface area (Å²) in [6, 6.07) is 4.35. The molecule has 1 heterocycles. The molecule has 24 heavy (non-hydrogen) atoms. The maximum Gasteiger partial charge on any atom is 0.335 e. The van der Waals surface area contributed by atoms with Crippen LogP contribution >= 0.6 is 15.9 Å². The summed E-state index contributed by atoms with van der Waals surface area (Å²) in [5, 5.41) is 16.2. The molecular formula is C16H18BrN3O4. The zero-order chi connectivity index (χ0) is 17.9. The predicted molar refractivity (Wildman–Crippen MR) is 91.4 cm³/mol. The number of carboxylic acids is 1. The minimum atomic E-state index is -1.09. The summed E-state index contributed by atoms with van der Waals surface area (Å²) in [4.78, 5) is 23.5. The maximum absolute atomic E-state index is 12.4. The molecule has 0 saturated carbocycles. The Balaban J connectivity index is 2.21. The molecular weight excluding hydrogens is 378 g/mol. The quantitative estimate of drug-likeness (QED) is 0.782. The number of carbonyl (C=O) groups excluding carboxylic acids is 1. The molecule has 7 nitrogen and oxygen atoms in total. The maximum atomic E-state index is 12.4. The molecule has 2 N–H and O–H groups in total. The number of nitrogens with zero attached hydrogens (tertiary/aromatic N) is 2. The van der Waals surface area contributed by atoms with E-state index >= 15 is 0 Å². The highest BCUT2D eigenvalue weighted by Crippen LogP contribution is 2.22. The third kappa shape index (κ3) is 3.76. The Morgan fingerprint density at radius 3 is 2.58 bits per heavy atom. The summed E-state index contributed by atoms with van der Waals surface area (Å²) in [5.74, 6) is -0.869. The van der Waals surface area contributed by atoms with Gasteiger partial charge in [-0.3, -0.25) is 4.79 Å². The van der Waals surface area contributed by atoms with E-state index in [9.17, 15) is 9.59 Å². The Bertz CT molecular complexity index is 786. The van der Waals surface area contributed by atoms with Crippen LogP contribution in [0.5, 0.6) is 5.88 Å². The van der Waals surface area contributed by atoms with Crippen LogP contribution in [0.3, 0.4) is 0 Å². The van der Waals surface area contributed by atoms with Crippen LogP contribution in [0.4, 0.5) is 0 Å². The second-order valence-electron chi connectivity index (χ2n) is 5.13. The number of aromatic nitrogens is 2. The molecule has 2 aromatic rings. The molecule has 0 unspecified atom stereocenters. The fourth-order valence-electron chi connectivity index (χ4n) is 2.44. The van der Waals surface area contributed by atoms with Gasteiger partial charge in [0.25, 0.3) is 5.91 Å². The highest BCUT2D eigenvalue weighted by molar-refractivity contribution is 9.10. The highest BCUT2D eigenvalue weighted by atomic mass is 79.9. The number of rotatable bonds is 6. The number of amides is 1. The molecule has 1 amide bonds. The van der Waals surface area contributed by atoms with Gasteiger partial charge in [-0.1, -0.05) is 22.9 Å². The number of nitrogens with one attached hydrogen (secondary N) is 1. The van der Waals surface area contributed by atoms with Gasteiger partial charge in [-0.25, -0.2) is 9.48 Å². The number of aromatic carboxylic acids is 1. The SMILES string of the molecule is CCc1nn(C)c(OC)c1CNC(=O)c1cc(Br)cc(C(=O)O)c1. The van der Waals surface area contributed by atoms with Gasteiger partial charge in [0.1, 0.15) is 0 Å². The van der Waals surface area contributed by atoms with Crippen LogP contribution in [-0.4, -0.2) is 33.9 Å². The first-order valence-electron chi connectivity index (χ1n) is 7.28. The Kier molecular flexibility index (Phi) is 5.61. The average Bonchev–Trinajstić information content (AvgIpc) is 2.86. The lowest BCUT2D eigenvalue weighted by Crippen LogP contribution is -2.23. The van der Waals surface area contributed by atoms with E-state index in [0.29, 0.717) is 16.8 Å². The van der Waals surface area contributed by atoms with Crippen molar-refractivity contribution in [3.05, 3.63) is 45.1 Å². The number of ether oxygens (including phenoxy) is 1. The van der Waals surface area contributed by atoms with E-state index in [2.05, 4.69) is 26.3 Å². The van der Waals surface area contributed by atoms with Crippen molar-refractivity contribution in [3.63, 3.8) is 0 Å². The topological polar surface area (TPSA) is 93.5 Å². The highest BCUT2D eigenvalue weighted by Gasteiger charge is 2.17. The fourth-order valence-corrected chi connectivity index (χ4v) is 2.93. The van der Waals surface area contributed by atoms with Crippen LogP contribution in [0.25, 0.3) is 0 Å². The van der Waals surface area contributed by atoms with Gasteiger partial charge in [-0.2, -0.15) is 5.10 Å². The van der Waals surface area contributed by atoms with Crippen molar-refractivity contribution in [1.29, 1.82) is 0 Å². The van der Waals surface area contributed by atoms with E-state index in [4.69, 9.17) is 9.84 Å². The molecule has 0 aliphatic carbocycles. The third-order valence-corrected chi connectivity index (χ3v) is 3.99. The van der Waals surface area contributed by atoms with Crippen molar-refractivity contribution in [2.75, 3.05) is 7.11 Å². The van der Waals surface area contributed by atoms with Gasteiger partial charge in [-0.15, -0.1) is 0 Å². The largest absolute Gasteiger partial charge is 0.481 e. The lowest BCUT2D eigenvalue weighted by Gasteiger charge is -2.09. The molecule has 0 fully saturated rings. The molecule has 1 aromatic heterocycles. The molecule has 0 saturated heterocycles. The van der Waals surface area contributed by atoms with Crippen molar-refractivity contribution < 1.29 is 19.4 Å². The van der Waals surface area contributed by atoms with E-state index in [0.717, 1.165) is 11.3 Å². The minimum absolute atomic E-state index is 0.0442. The number of hydrogen-bond acceptors (Lipinski definition) is 4. The number of hydrogen-bond donors (Lipinski definition) is 2. The standard InChI is InChI=1S/C16H18BrN3O4/c1-4-13-12(15(24-3)20(2)19-13)8-18-14(21)9-5-10(16(22)23)7-11(17)6-9/h5-7H,4,8H2,1-3H3,(H,18,21)(H,22,23). The number of halogens is 1. The molecule has 1 aromatic carbocycles. The Morgan fingerprint density at radius 2 is 2.00 bits per heavy atom. The Hall–Kier alpha value is -2.35. The molecule has 0 radical (unpaired) electrons. The monoisotopic (exact) mass is 395 g/mol. The normalized spacial score (nSPS) is 10.5. The van der Waals surface area contributed by atoms with Gasteiger partial charge in [0.2, 0.25) is 5.88 Å². The summed E-state index contributed by atoms with van der Waals surface area (Å²) >= 11 is 3.22. The van der Waals surface area contributed by atoms with Crippen molar-refractivity contribution in [2.45, 2.75) is 19.9 Å². The lowest BCUT2D eigenvalue weighted by atomic mass is 10.1. The molecule has 0 aliphatic rings. The van der Waals surface area contributed by atoms with Gasteiger partial charge in [0, 0.05) is 17.1 Å². The first-order valence-corrected chi connectivity index (χ1v) is 8.07. The van der Waals surface area contributed by atoms with Gasteiger partial charge in [0.05, 0.1) is 30.5 Å². The van der Waals surface area contributed by atoms with Crippen molar-refractivity contribution >= 4 is 27.8 Å². The van der Waals surface area contributed by atoms with Crippen molar-refractivity contribution in [3.8, 4) is 5.88 Å². The summed E-state index contributed by atoms with van der Waals surface area (Å²) < 4.78 is 7.49.